The molecule has 3 nitrogen and oxygen atoms in total. The first-order valence-electron chi connectivity index (χ1n) is 4.80. The molecule has 0 aliphatic heterocycles. The van der Waals surface area contributed by atoms with Crippen molar-refractivity contribution >= 4 is 0 Å². The van der Waals surface area contributed by atoms with E-state index in [2.05, 4.69) is 21.7 Å². The van der Waals surface area contributed by atoms with E-state index in [0.717, 1.165) is 12.2 Å². The van der Waals surface area contributed by atoms with Crippen LogP contribution in [0.25, 0.3) is 0 Å². The number of aryl methyl sites for hydroxylation is 1. The Bertz CT molecular complexity index is 248. The molecule has 0 saturated heterocycles. The van der Waals surface area contributed by atoms with Gasteiger partial charge in [-0.3, -0.25) is 0 Å². The zero-order valence-corrected chi connectivity index (χ0v) is 7.53. The quantitative estimate of drug-likeness (QED) is 0.670. The molecule has 0 aromatic carbocycles. The maximum absolute atomic E-state index is 4.09. The Labute approximate surface area is 72.8 Å². The summed E-state index contributed by atoms with van der Waals surface area (Å²) in [6.07, 6.45) is 8.24. The van der Waals surface area contributed by atoms with Crippen molar-refractivity contribution in [1.29, 1.82) is 0 Å². The van der Waals surface area contributed by atoms with Crippen LogP contribution in [0.1, 0.15) is 44.5 Å². The molecule has 0 spiro atoms. The van der Waals surface area contributed by atoms with E-state index < -0.39 is 0 Å². The van der Waals surface area contributed by atoms with Gasteiger partial charge in [0.25, 0.3) is 0 Å². The summed E-state index contributed by atoms with van der Waals surface area (Å²) in [6, 6.07) is 0.690. The summed E-state index contributed by atoms with van der Waals surface area (Å²) < 4.78 is 2.26. The summed E-state index contributed by atoms with van der Waals surface area (Å²) in [6.45, 7) is 2.13. The fraction of sp³-hybridized carbons (Fsp3) is 0.778. The molecule has 2 rings (SSSR count). The number of hydrogen-bond donors (Lipinski definition) is 0. The van der Waals surface area contributed by atoms with Gasteiger partial charge in [0.2, 0.25) is 0 Å². The third-order valence-electron chi connectivity index (χ3n) is 2.68. The van der Waals surface area contributed by atoms with E-state index in [-0.39, 0.29) is 0 Å². The van der Waals surface area contributed by atoms with E-state index in [1.54, 1.807) is 0 Å². The van der Waals surface area contributed by atoms with E-state index in [1.807, 2.05) is 6.33 Å². The highest BCUT2D eigenvalue weighted by molar-refractivity contribution is 4.90. The molecule has 0 amide bonds. The molecule has 1 saturated carbocycles. The molecule has 1 aliphatic rings. The van der Waals surface area contributed by atoms with Crippen molar-refractivity contribution in [2.24, 2.45) is 0 Å². The smallest absolute Gasteiger partial charge is 0.132 e. The average Bonchev–Trinajstić information content (AvgIpc) is 2.74. The van der Waals surface area contributed by atoms with Crippen molar-refractivity contribution in [1.82, 2.24) is 14.8 Å². The van der Waals surface area contributed by atoms with Gasteiger partial charge in [-0.25, -0.2) is 0 Å². The van der Waals surface area contributed by atoms with Gasteiger partial charge in [0.1, 0.15) is 12.2 Å². The van der Waals surface area contributed by atoms with Crippen molar-refractivity contribution in [2.75, 3.05) is 0 Å². The van der Waals surface area contributed by atoms with Crippen molar-refractivity contribution in [3.8, 4) is 0 Å². The summed E-state index contributed by atoms with van der Waals surface area (Å²) in [5, 5.41) is 8.04. The van der Waals surface area contributed by atoms with E-state index >= 15 is 0 Å². The lowest BCUT2D eigenvalue weighted by molar-refractivity contribution is 0.498. The Kier molecular flexibility index (Phi) is 2.11. The molecule has 66 valence electrons. The van der Waals surface area contributed by atoms with Crippen LogP contribution in [0.5, 0.6) is 0 Å². The van der Waals surface area contributed by atoms with Crippen LogP contribution >= 0.6 is 0 Å². The minimum atomic E-state index is 0.690. The normalized spacial score (nSPS) is 18.8. The molecular formula is C9H15N3. The first kappa shape index (κ1) is 7.77. The van der Waals surface area contributed by atoms with Crippen molar-refractivity contribution in [3.05, 3.63) is 12.2 Å². The lowest BCUT2D eigenvalue weighted by Gasteiger charge is -2.12. The molecule has 1 aliphatic carbocycles. The van der Waals surface area contributed by atoms with Gasteiger partial charge >= 0.3 is 0 Å². The second kappa shape index (κ2) is 3.25. The molecule has 0 radical (unpaired) electrons. The second-order valence-electron chi connectivity index (χ2n) is 3.45. The summed E-state index contributed by atoms with van der Waals surface area (Å²) in [4.78, 5) is 0. The standard InChI is InChI=1S/C9H15N3/c1-2-9-11-10-7-12(9)8-5-3-4-6-8/h7-8H,2-6H2,1H3. The van der Waals surface area contributed by atoms with Crippen LogP contribution in [0.15, 0.2) is 6.33 Å². The van der Waals surface area contributed by atoms with Crippen LogP contribution < -0.4 is 0 Å². The van der Waals surface area contributed by atoms with Crippen LogP contribution in [-0.4, -0.2) is 14.8 Å². The van der Waals surface area contributed by atoms with Crippen LogP contribution in [0.3, 0.4) is 0 Å². The van der Waals surface area contributed by atoms with Crippen LogP contribution in [0.2, 0.25) is 0 Å². The SMILES string of the molecule is CCc1nncn1C1CCCC1. The lowest BCUT2D eigenvalue weighted by Crippen LogP contribution is -2.07. The lowest BCUT2D eigenvalue weighted by atomic mass is 10.2. The first-order valence-corrected chi connectivity index (χ1v) is 4.80. The minimum absolute atomic E-state index is 0.690. The average molecular weight is 165 g/mol. The van der Waals surface area contributed by atoms with Crippen LogP contribution in [0, 0.1) is 0 Å². The molecule has 1 aromatic rings. The van der Waals surface area contributed by atoms with Crippen molar-refractivity contribution < 1.29 is 0 Å². The predicted octanol–water partition coefficient (Wildman–Crippen LogP) is 1.96. The Morgan fingerprint density at radius 2 is 2.25 bits per heavy atom. The fourth-order valence-corrected chi connectivity index (χ4v) is 2.01. The molecular weight excluding hydrogens is 150 g/mol. The Hall–Kier alpha value is -0.860. The van der Waals surface area contributed by atoms with Crippen LogP contribution in [-0.2, 0) is 6.42 Å². The number of hydrogen-bond acceptors (Lipinski definition) is 2. The van der Waals surface area contributed by atoms with Crippen molar-refractivity contribution in [2.45, 2.75) is 45.1 Å². The van der Waals surface area contributed by atoms with Gasteiger partial charge in [0.05, 0.1) is 0 Å². The Morgan fingerprint density at radius 1 is 1.50 bits per heavy atom. The highest BCUT2D eigenvalue weighted by Gasteiger charge is 2.18. The molecule has 1 heterocycles. The first-order chi connectivity index (χ1) is 5.92. The summed E-state index contributed by atoms with van der Waals surface area (Å²) in [5.41, 5.74) is 0. The number of nitrogens with zero attached hydrogens (tertiary/aromatic N) is 3. The minimum Gasteiger partial charge on any atom is -0.314 e. The van der Waals surface area contributed by atoms with Gasteiger partial charge in [0, 0.05) is 12.5 Å². The van der Waals surface area contributed by atoms with Crippen molar-refractivity contribution in [3.63, 3.8) is 0 Å². The molecule has 12 heavy (non-hydrogen) atoms. The molecule has 1 aromatic heterocycles. The third kappa shape index (κ3) is 1.24. The summed E-state index contributed by atoms with van der Waals surface area (Å²) in [5.74, 6) is 1.14. The summed E-state index contributed by atoms with van der Waals surface area (Å²) >= 11 is 0. The van der Waals surface area contributed by atoms with E-state index in [1.165, 1.54) is 25.7 Å². The zero-order valence-electron chi connectivity index (χ0n) is 7.53. The van der Waals surface area contributed by atoms with Gasteiger partial charge in [-0.15, -0.1) is 10.2 Å². The topological polar surface area (TPSA) is 30.7 Å². The molecule has 0 N–H and O–H groups in total. The third-order valence-corrected chi connectivity index (χ3v) is 2.68. The highest BCUT2D eigenvalue weighted by atomic mass is 15.3. The molecule has 1 fully saturated rings. The maximum Gasteiger partial charge on any atom is 0.132 e. The predicted molar refractivity (Wildman–Crippen MR) is 46.9 cm³/mol. The fourth-order valence-electron chi connectivity index (χ4n) is 2.01. The van der Waals surface area contributed by atoms with Gasteiger partial charge < -0.3 is 4.57 Å². The van der Waals surface area contributed by atoms with E-state index in [9.17, 15) is 0 Å². The molecule has 3 heteroatoms. The maximum atomic E-state index is 4.09. The molecule has 0 bridgehead atoms. The molecule has 0 unspecified atom stereocenters. The van der Waals surface area contributed by atoms with Gasteiger partial charge in [-0.05, 0) is 12.8 Å². The van der Waals surface area contributed by atoms with E-state index in [4.69, 9.17) is 0 Å². The Balaban J connectivity index is 2.19. The zero-order chi connectivity index (χ0) is 8.39. The Morgan fingerprint density at radius 3 is 2.92 bits per heavy atom. The second-order valence-corrected chi connectivity index (χ2v) is 3.45. The largest absolute Gasteiger partial charge is 0.314 e. The molecule has 0 atom stereocenters. The van der Waals surface area contributed by atoms with Gasteiger partial charge in [-0.2, -0.15) is 0 Å². The van der Waals surface area contributed by atoms with Crippen LogP contribution in [0.4, 0.5) is 0 Å². The van der Waals surface area contributed by atoms with E-state index in [0.29, 0.717) is 6.04 Å². The monoisotopic (exact) mass is 165 g/mol. The van der Waals surface area contributed by atoms with Gasteiger partial charge in [0.15, 0.2) is 0 Å². The highest BCUT2D eigenvalue weighted by Crippen LogP contribution is 2.29. The number of rotatable bonds is 2. The van der Waals surface area contributed by atoms with Gasteiger partial charge in [-0.1, -0.05) is 19.8 Å². The number of aromatic nitrogens is 3. The summed E-state index contributed by atoms with van der Waals surface area (Å²) in [7, 11) is 0.